The van der Waals surface area contributed by atoms with Gasteiger partial charge in [0.1, 0.15) is 6.54 Å². The van der Waals surface area contributed by atoms with Gasteiger partial charge in [-0.15, -0.1) is 0 Å². The molecule has 1 aromatic rings. The third kappa shape index (κ3) is 2.79. The predicted octanol–water partition coefficient (Wildman–Crippen LogP) is 1.85. The smallest absolute Gasteiger partial charge is 0.338 e. The van der Waals surface area contributed by atoms with Crippen LogP contribution in [0.15, 0.2) is 36.4 Å². The van der Waals surface area contributed by atoms with Gasteiger partial charge < -0.3 is 10.1 Å². The van der Waals surface area contributed by atoms with E-state index in [4.69, 9.17) is 4.74 Å². The molecule has 6 rings (SSSR count). The Morgan fingerprint density at radius 3 is 2.38 bits per heavy atom. The van der Waals surface area contributed by atoms with E-state index in [0.29, 0.717) is 23.1 Å². The Kier molecular flexibility index (Phi) is 4.08. The van der Waals surface area contributed by atoms with E-state index in [0.717, 1.165) is 11.3 Å². The van der Waals surface area contributed by atoms with Gasteiger partial charge >= 0.3 is 5.97 Å². The van der Waals surface area contributed by atoms with Crippen LogP contribution in [-0.2, 0) is 19.1 Å². The lowest BCUT2D eigenvalue weighted by molar-refractivity contribution is -0.142. The van der Waals surface area contributed by atoms with Crippen LogP contribution in [0.1, 0.15) is 23.7 Å². The zero-order valence-electron chi connectivity index (χ0n) is 16.0. The number of carbonyl (C=O) groups excluding carboxylic acids is 4. The molecule has 0 aromatic heterocycles. The van der Waals surface area contributed by atoms with Crippen LogP contribution >= 0.6 is 0 Å². The average molecular weight is 394 g/mol. The molecule has 2 saturated carbocycles. The Morgan fingerprint density at radius 1 is 1.10 bits per heavy atom. The molecule has 0 unspecified atom stereocenters. The number of nitrogens with one attached hydrogen (secondary N) is 1. The number of allylic oxidation sites excluding steroid dienone is 2. The summed E-state index contributed by atoms with van der Waals surface area (Å²) in [6, 6.07) is 6.39. The Balaban J connectivity index is 1.28. The van der Waals surface area contributed by atoms with Crippen molar-refractivity contribution in [1.82, 2.24) is 4.90 Å². The first-order chi connectivity index (χ1) is 14.0. The molecule has 4 aliphatic carbocycles. The number of rotatable bonds is 5. The van der Waals surface area contributed by atoms with E-state index >= 15 is 0 Å². The summed E-state index contributed by atoms with van der Waals surface area (Å²) < 4.78 is 4.96. The summed E-state index contributed by atoms with van der Waals surface area (Å²) >= 11 is 0. The summed E-state index contributed by atoms with van der Waals surface area (Å²) in [5, 5.41) is 2.68. The van der Waals surface area contributed by atoms with Gasteiger partial charge in [-0.1, -0.05) is 18.2 Å². The molecule has 1 aromatic carbocycles. The van der Waals surface area contributed by atoms with Crippen molar-refractivity contribution < 1.29 is 23.9 Å². The van der Waals surface area contributed by atoms with Crippen molar-refractivity contribution in [2.75, 3.05) is 18.5 Å². The molecule has 29 heavy (non-hydrogen) atoms. The molecule has 7 heteroatoms. The number of hydrogen-bond acceptors (Lipinski definition) is 5. The summed E-state index contributed by atoms with van der Waals surface area (Å²) in [5.74, 6) is -0.648. The number of amides is 3. The predicted molar refractivity (Wildman–Crippen MR) is 102 cm³/mol. The van der Waals surface area contributed by atoms with Gasteiger partial charge in [0.25, 0.3) is 0 Å². The molecular formula is C22H22N2O5. The van der Waals surface area contributed by atoms with E-state index in [9.17, 15) is 19.2 Å². The van der Waals surface area contributed by atoms with E-state index in [-0.39, 0.29) is 48.6 Å². The summed E-state index contributed by atoms with van der Waals surface area (Å²) in [6.07, 6.45) is 5.32. The van der Waals surface area contributed by atoms with Gasteiger partial charge in [-0.3, -0.25) is 19.3 Å². The van der Waals surface area contributed by atoms with Crippen molar-refractivity contribution in [2.45, 2.75) is 13.3 Å². The maximum atomic E-state index is 12.9. The zero-order chi connectivity index (χ0) is 20.3. The number of carbonyl (C=O) groups is 4. The molecule has 0 spiro atoms. The van der Waals surface area contributed by atoms with E-state index in [1.807, 2.05) is 0 Å². The molecule has 3 fully saturated rings. The molecule has 7 nitrogen and oxygen atoms in total. The number of nitrogens with zero attached hydrogens (tertiary/aromatic N) is 1. The molecule has 1 saturated heterocycles. The van der Waals surface area contributed by atoms with Gasteiger partial charge in [0.05, 0.1) is 24.0 Å². The maximum absolute atomic E-state index is 12.9. The fraction of sp³-hybridized carbons (Fsp3) is 0.455. The Morgan fingerprint density at radius 2 is 1.76 bits per heavy atom. The molecule has 3 amide bonds. The molecule has 1 heterocycles. The monoisotopic (exact) mass is 394 g/mol. The Hall–Kier alpha value is -2.96. The van der Waals surface area contributed by atoms with Crippen molar-refractivity contribution >= 4 is 29.4 Å². The lowest BCUT2D eigenvalue weighted by Gasteiger charge is -2.37. The van der Waals surface area contributed by atoms with Crippen LogP contribution in [0, 0.1) is 35.5 Å². The highest BCUT2D eigenvalue weighted by Gasteiger charge is 2.67. The van der Waals surface area contributed by atoms with Gasteiger partial charge in [0.2, 0.25) is 17.7 Å². The van der Waals surface area contributed by atoms with Gasteiger partial charge in [0, 0.05) is 5.69 Å². The summed E-state index contributed by atoms with van der Waals surface area (Å²) in [6.45, 7) is 1.68. The van der Waals surface area contributed by atoms with Crippen molar-refractivity contribution in [3.63, 3.8) is 0 Å². The number of benzene rings is 1. The van der Waals surface area contributed by atoms with Crippen molar-refractivity contribution in [2.24, 2.45) is 35.5 Å². The highest BCUT2D eigenvalue weighted by molar-refractivity contribution is 6.09. The Bertz CT molecular complexity index is 918. The van der Waals surface area contributed by atoms with Crippen LogP contribution < -0.4 is 5.32 Å². The Labute approximate surface area is 168 Å². The van der Waals surface area contributed by atoms with Crippen molar-refractivity contribution in [3.05, 3.63) is 42.0 Å². The quantitative estimate of drug-likeness (QED) is 0.467. The molecule has 0 radical (unpaired) electrons. The van der Waals surface area contributed by atoms with Gasteiger partial charge in [-0.05, 0) is 55.2 Å². The first-order valence-corrected chi connectivity index (χ1v) is 10.1. The zero-order valence-corrected chi connectivity index (χ0v) is 16.0. The number of likely N-dealkylation sites (tertiary alicyclic amines) is 1. The SMILES string of the molecule is CCOC(=O)c1cccc(NC(=O)CN2C(=O)[C@@H]3[C@H]4C=C[C@@H]([C@@H]5C[C@@H]45)[C@@H]3C2=O)c1. The molecule has 1 aliphatic heterocycles. The second-order valence-electron chi connectivity index (χ2n) is 8.27. The second kappa shape index (κ2) is 6.54. The normalized spacial score (nSPS) is 33.3. The van der Waals surface area contributed by atoms with Crippen LogP contribution in [0.3, 0.4) is 0 Å². The van der Waals surface area contributed by atoms with Crippen LogP contribution in [0.25, 0.3) is 0 Å². The third-order valence-corrected chi connectivity index (χ3v) is 6.71. The number of anilines is 1. The standard InChI is InChI=1S/C22H22N2O5/c1-2-29-22(28)11-4-3-5-12(8-11)23-17(25)10-24-20(26)18-13-6-7-14(16-9-15(13)16)19(18)21(24)27/h3-8,13-16,18-19H,2,9-10H2,1H3,(H,23,25)/t13-,14-,15-,16-,18-,19+/m0/s1. The van der Waals surface area contributed by atoms with E-state index < -0.39 is 11.9 Å². The van der Waals surface area contributed by atoms with E-state index in [1.54, 1.807) is 25.1 Å². The fourth-order valence-corrected chi connectivity index (χ4v) is 5.46. The number of esters is 1. The van der Waals surface area contributed by atoms with Crippen LogP contribution in [0.4, 0.5) is 5.69 Å². The molecule has 2 bridgehead atoms. The lowest BCUT2D eigenvalue weighted by Crippen LogP contribution is -2.40. The fourth-order valence-electron chi connectivity index (χ4n) is 5.46. The number of ether oxygens (including phenoxy) is 1. The largest absolute Gasteiger partial charge is 0.462 e. The van der Waals surface area contributed by atoms with Crippen LogP contribution in [-0.4, -0.2) is 41.7 Å². The number of imide groups is 1. The minimum absolute atomic E-state index is 0.140. The van der Waals surface area contributed by atoms with Crippen LogP contribution in [0.2, 0.25) is 0 Å². The van der Waals surface area contributed by atoms with Gasteiger partial charge in [0.15, 0.2) is 0 Å². The van der Waals surface area contributed by atoms with Crippen molar-refractivity contribution in [3.8, 4) is 0 Å². The summed E-state index contributed by atoms with van der Waals surface area (Å²) in [7, 11) is 0. The topological polar surface area (TPSA) is 92.8 Å². The van der Waals surface area contributed by atoms with Crippen molar-refractivity contribution in [1.29, 1.82) is 0 Å². The van der Waals surface area contributed by atoms with Gasteiger partial charge in [-0.25, -0.2) is 4.79 Å². The number of hydrogen-bond donors (Lipinski definition) is 1. The minimum Gasteiger partial charge on any atom is -0.462 e. The molecule has 150 valence electrons. The summed E-state index contributed by atoms with van der Waals surface area (Å²) in [5.41, 5.74) is 0.742. The first kappa shape index (κ1) is 18.1. The maximum Gasteiger partial charge on any atom is 0.338 e. The minimum atomic E-state index is -0.473. The highest BCUT2D eigenvalue weighted by atomic mass is 16.5. The first-order valence-electron chi connectivity index (χ1n) is 10.1. The van der Waals surface area contributed by atoms with E-state index in [1.165, 1.54) is 6.07 Å². The summed E-state index contributed by atoms with van der Waals surface area (Å²) in [4.78, 5) is 51.4. The van der Waals surface area contributed by atoms with E-state index in [2.05, 4.69) is 17.5 Å². The molecule has 1 N–H and O–H groups in total. The highest BCUT2D eigenvalue weighted by Crippen LogP contribution is 2.65. The molecular weight excluding hydrogens is 372 g/mol. The third-order valence-electron chi connectivity index (χ3n) is 6.71. The lowest BCUT2D eigenvalue weighted by atomic mass is 9.63. The molecule has 6 atom stereocenters. The second-order valence-corrected chi connectivity index (χ2v) is 8.27. The van der Waals surface area contributed by atoms with Crippen LogP contribution in [0.5, 0.6) is 0 Å². The average Bonchev–Trinajstić information content (AvgIpc) is 3.49. The van der Waals surface area contributed by atoms with Gasteiger partial charge in [-0.2, -0.15) is 0 Å². The molecule has 5 aliphatic rings.